The molecule has 0 fully saturated rings. The first-order valence-corrected chi connectivity index (χ1v) is 9.43. The van der Waals surface area contributed by atoms with Crippen LogP contribution in [-0.4, -0.2) is 37.9 Å². The Hall–Kier alpha value is -3.93. The summed E-state index contributed by atoms with van der Waals surface area (Å²) < 4.78 is 27.2. The molecule has 9 heteroatoms. The van der Waals surface area contributed by atoms with Crippen LogP contribution in [0.3, 0.4) is 0 Å². The van der Waals surface area contributed by atoms with E-state index in [1.165, 1.54) is 16.8 Å². The molecular formula is C21H17FN6O2. The predicted octanol–water partition coefficient (Wildman–Crippen LogP) is 3.29. The van der Waals surface area contributed by atoms with Gasteiger partial charge in [0.2, 0.25) is 5.88 Å². The number of nitriles is 1. The van der Waals surface area contributed by atoms with E-state index in [0.29, 0.717) is 39.4 Å². The smallest absolute Gasteiger partial charge is 0.243 e. The summed E-state index contributed by atoms with van der Waals surface area (Å²) in [5.74, 6) is 0.311. The van der Waals surface area contributed by atoms with Crippen molar-refractivity contribution < 1.29 is 13.9 Å². The molecule has 30 heavy (non-hydrogen) atoms. The summed E-state index contributed by atoms with van der Waals surface area (Å²) in [6, 6.07) is 6.62. The molecule has 1 aliphatic heterocycles. The van der Waals surface area contributed by atoms with Gasteiger partial charge in [0.25, 0.3) is 0 Å². The Balaban J connectivity index is 1.77. The van der Waals surface area contributed by atoms with Gasteiger partial charge < -0.3 is 14.5 Å². The van der Waals surface area contributed by atoms with E-state index in [-0.39, 0.29) is 30.8 Å². The second-order valence-electron chi connectivity index (χ2n) is 7.06. The first-order chi connectivity index (χ1) is 14.6. The molecule has 1 N–H and O–H groups in total. The van der Waals surface area contributed by atoms with Crippen molar-refractivity contribution in [1.82, 2.24) is 24.7 Å². The third-order valence-electron chi connectivity index (χ3n) is 5.27. The second-order valence-corrected chi connectivity index (χ2v) is 7.06. The van der Waals surface area contributed by atoms with E-state index in [1.807, 2.05) is 13.1 Å². The van der Waals surface area contributed by atoms with Gasteiger partial charge in [-0.05, 0) is 18.2 Å². The number of benzene rings is 1. The Kier molecular flexibility index (Phi) is 4.13. The lowest BCUT2D eigenvalue weighted by molar-refractivity contribution is 0.210. The number of nitrogens with one attached hydrogen (secondary N) is 1. The summed E-state index contributed by atoms with van der Waals surface area (Å²) in [4.78, 5) is 12.4. The van der Waals surface area contributed by atoms with Gasteiger partial charge in [0, 0.05) is 30.3 Å². The number of hydrogen-bond acceptors (Lipinski definition) is 6. The molecule has 0 unspecified atom stereocenters. The van der Waals surface area contributed by atoms with Crippen LogP contribution in [0.5, 0.6) is 11.6 Å². The fourth-order valence-electron chi connectivity index (χ4n) is 3.77. The van der Waals surface area contributed by atoms with Crippen LogP contribution >= 0.6 is 0 Å². The largest absolute Gasteiger partial charge is 0.490 e. The molecule has 0 aliphatic carbocycles. The minimum absolute atomic E-state index is 0.197. The molecular weight excluding hydrogens is 387 g/mol. The molecule has 4 heterocycles. The van der Waals surface area contributed by atoms with E-state index in [2.05, 4.69) is 21.1 Å². The number of fused-ring (bicyclic) bond motifs is 4. The van der Waals surface area contributed by atoms with Gasteiger partial charge in [-0.1, -0.05) is 6.92 Å². The number of aryl methyl sites for hydroxylation is 1. The van der Waals surface area contributed by atoms with Crippen molar-refractivity contribution in [2.75, 3.05) is 13.2 Å². The SMILES string of the molecule is C[C@@H]1c2cc(F)ccc2OCCOc2nn(C)c(C#N)c2-c2cnc3[nH]cc1c3n2. The van der Waals surface area contributed by atoms with E-state index >= 15 is 0 Å². The Labute approximate surface area is 170 Å². The molecule has 2 bridgehead atoms. The average molecular weight is 404 g/mol. The van der Waals surface area contributed by atoms with Gasteiger partial charge in [-0.25, -0.2) is 14.4 Å². The number of halogens is 1. The van der Waals surface area contributed by atoms with E-state index in [1.54, 1.807) is 19.3 Å². The number of aromatic amines is 1. The summed E-state index contributed by atoms with van der Waals surface area (Å²) in [6.45, 7) is 2.39. The average Bonchev–Trinajstić information content (AvgIpc) is 3.30. The first kappa shape index (κ1) is 18.1. The Morgan fingerprint density at radius 3 is 2.93 bits per heavy atom. The zero-order chi connectivity index (χ0) is 20.8. The minimum Gasteiger partial charge on any atom is -0.490 e. The second kappa shape index (κ2) is 6.84. The highest BCUT2D eigenvalue weighted by molar-refractivity contribution is 5.81. The maximum absolute atomic E-state index is 14.0. The normalized spacial score (nSPS) is 15.7. The monoisotopic (exact) mass is 404 g/mol. The van der Waals surface area contributed by atoms with Crippen molar-refractivity contribution in [3.63, 3.8) is 0 Å². The molecule has 0 saturated heterocycles. The van der Waals surface area contributed by atoms with E-state index in [9.17, 15) is 9.65 Å². The highest BCUT2D eigenvalue weighted by Gasteiger charge is 2.25. The van der Waals surface area contributed by atoms with Gasteiger partial charge in [0.1, 0.15) is 41.9 Å². The summed E-state index contributed by atoms with van der Waals surface area (Å²) in [6.07, 6.45) is 3.40. The molecule has 5 rings (SSSR count). The molecule has 150 valence electrons. The van der Waals surface area contributed by atoms with Gasteiger partial charge in [-0.2, -0.15) is 5.26 Å². The van der Waals surface area contributed by atoms with Crippen molar-refractivity contribution in [2.24, 2.45) is 7.05 Å². The number of aromatic nitrogens is 5. The molecule has 8 nitrogen and oxygen atoms in total. The standard InChI is InChI=1S/C21H17FN6O2/c1-11-13-7-12(22)3-4-17(13)29-5-6-30-21-18(16(8-23)28(2)27-21)15-10-25-20-19(26-15)14(11)9-24-20/h3-4,7,9-11H,5-6H2,1-2H3,(H,24,25)/t11-/m1/s1. The zero-order valence-corrected chi connectivity index (χ0v) is 16.3. The quantitative estimate of drug-likeness (QED) is 0.483. The van der Waals surface area contributed by atoms with Crippen molar-refractivity contribution in [3.05, 3.63) is 53.2 Å². The van der Waals surface area contributed by atoms with Crippen LogP contribution < -0.4 is 9.47 Å². The fraction of sp³-hybridized carbons (Fsp3) is 0.238. The molecule has 3 aromatic heterocycles. The number of H-pyrrole nitrogens is 1. The highest BCUT2D eigenvalue weighted by atomic mass is 19.1. The molecule has 4 aromatic rings. The Morgan fingerprint density at radius 2 is 2.10 bits per heavy atom. The third-order valence-corrected chi connectivity index (χ3v) is 5.27. The number of nitrogens with zero attached hydrogens (tertiary/aromatic N) is 5. The van der Waals surface area contributed by atoms with E-state index < -0.39 is 0 Å². The first-order valence-electron chi connectivity index (χ1n) is 9.43. The van der Waals surface area contributed by atoms with E-state index in [4.69, 9.17) is 14.5 Å². The summed E-state index contributed by atoms with van der Waals surface area (Å²) in [7, 11) is 1.68. The van der Waals surface area contributed by atoms with Crippen LogP contribution in [0.1, 0.15) is 29.7 Å². The molecule has 0 saturated carbocycles. The molecule has 0 amide bonds. The number of hydrogen-bond donors (Lipinski definition) is 1. The van der Waals surface area contributed by atoms with Crippen LogP contribution in [-0.2, 0) is 7.05 Å². The zero-order valence-electron chi connectivity index (χ0n) is 16.3. The topological polar surface area (TPSA) is 102 Å². The van der Waals surface area contributed by atoms with Crippen LogP contribution in [0.4, 0.5) is 4.39 Å². The van der Waals surface area contributed by atoms with Crippen LogP contribution in [0.2, 0.25) is 0 Å². The predicted molar refractivity (Wildman–Crippen MR) is 106 cm³/mol. The highest BCUT2D eigenvalue weighted by Crippen LogP contribution is 2.37. The molecule has 0 spiro atoms. The Bertz CT molecular complexity index is 1320. The summed E-state index contributed by atoms with van der Waals surface area (Å²) in [5.41, 5.74) is 4.07. The lowest BCUT2D eigenvalue weighted by Gasteiger charge is -2.16. The van der Waals surface area contributed by atoms with Crippen LogP contribution in [0.25, 0.3) is 22.4 Å². The lowest BCUT2D eigenvalue weighted by Crippen LogP contribution is -2.11. The third kappa shape index (κ3) is 2.76. The van der Waals surface area contributed by atoms with Crippen molar-refractivity contribution in [1.29, 1.82) is 5.26 Å². The lowest BCUT2D eigenvalue weighted by atomic mass is 9.93. The van der Waals surface area contributed by atoms with Gasteiger partial charge in [0.05, 0.1) is 11.9 Å². The maximum atomic E-state index is 14.0. The number of rotatable bonds is 0. The van der Waals surface area contributed by atoms with Crippen LogP contribution in [0.15, 0.2) is 30.6 Å². The molecule has 1 aromatic carbocycles. The molecule has 1 aliphatic rings. The number of ether oxygens (including phenoxy) is 2. The van der Waals surface area contributed by atoms with Gasteiger partial charge in [-0.15, -0.1) is 5.10 Å². The van der Waals surface area contributed by atoms with Crippen molar-refractivity contribution >= 4 is 11.2 Å². The molecule has 1 atom stereocenters. The Morgan fingerprint density at radius 1 is 1.27 bits per heavy atom. The van der Waals surface area contributed by atoms with Crippen molar-refractivity contribution in [2.45, 2.75) is 12.8 Å². The van der Waals surface area contributed by atoms with Crippen molar-refractivity contribution in [3.8, 4) is 29.0 Å². The van der Waals surface area contributed by atoms with Gasteiger partial charge in [-0.3, -0.25) is 4.68 Å². The van der Waals surface area contributed by atoms with E-state index in [0.717, 1.165) is 5.56 Å². The van der Waals surface area contributed by atoms with Gasteiger partial charge >= 0.3 is 0 Å². The minimum atomic E-state index is -0.341. The van der Waals surface area contributed by atoms with Gasteiger partial charge in [0.15, 0.2) is 11.3 Å². The maximum Gasteiger partial charge on any atom is 0.243 e. The summed E-state index contributed by atoms with van der Waals surface area (Å²) >= 11 is 0. The fourth-order valence-corrected chi connectivity index (χ4v) is 3.77. The van der Waals surface area contributed by atoms with Crippen LogP contribution in [0, 0.1) is 17.1 Å². The summed E-state index contributed by atoms with van der Waals surface area (Å²) in [5, 5.41) is 14.0. The molecule has 0 radical (unpaired) electrons.